The molecular formula is C12H16F2N2. The van der Waals surface area contributed by atoms with Crippen LogP contribution in [0.25, 0.3) is 0 Å². The van der Waals surface area contributed by atoms with E-state index in [-0.39, 0.29) is 12.8 Å². The van der Waals surface area contributed by atoms with Crippen LogP contribution in [0.1, 0.15) is 18.4 Å². The van der Waals surface area contributed by atoms with Crippen LogP contribution in [-0.4, -0.2) is 19.0 Å². The van der Waals surface area contributed by atoms with Crippen LogP contribution in [0, 0.1) is 0 Å². The third-order valence-electron chi connectivity index (χ3n) is 3.03. The first-order valence-electron chi connectivity index (χ1n) is 5.52. The number of hydrogen-bond acceptors (Lipinski definition) is 2. The van der Waals surface area contributed by atoms with Crippen LogP contribution in [0.3, 0.4) is 0 Å². The Morgan fingerprint density at radius 1 is 1.12 bits per heavy atom. The van der Waals surface area contributed by atoms with Crippen molar-refractivity contribution in [1.29, 1.82) is 0 Å². The lowest BCUT2D eigenvalue weighted by atomic mass is 10.1. The first-order valence-corrected chi connectivity index (χ1v) is 5.52. The van der Waals surface area contributed by atoms with E-state index < -0.39 is 5.92 Å². The highest BCUT2D eigenvalue weighted by Crippen LogP contribution is 2.30. The Morgan fingerprint density at radius 2 is 1.69 bits per heavy atom. The molecule has 0 atom stereocenters. The van der Waals surface area contributed by atoms with Gasteiger partial charge in [-0.3, -0.25) is 0 Å². The summed E-state index contributed by atoms with van der Waals surface area (Å²) in [5, 5.41) is 0. The monoisotopic (exact) mass is 226 g/mol. The molecule has 2 nitrogen and oxygen atoms in total. The molecule has 88 valence electrons. The van der Waals surface area contributed by atoms with E-state index in [1.54, 1.807) is 0 Å². The molecule has 1 saturated heterocycles. The highest BCUT2D eigenvalue weighted by atomic mass is 19.3. The van der Waals surface area contributed by atoms with Crippen LogP contribution >= 0.6 is 0 Å². The van der Waals surface area contributed by atoms with E-state index in [0.717, 1.165) is 11.3 Å². The smallest absolute Gasteiger partial charge is 0.251 e. The average Bonchev–Trinajstić information content (AvgIpc) is 2.29. The first kappa shape index (κ1) is 11.3. The lowest BCUT2D eigenvalue weighted by molar-refractivity contribution is -0.0220. The quantitative estimate of drug-likeness (QED) is 0.839. The maximum absolute atomic E-state index is 13.0. The van der Waals surface area contributed by atoms with Crippen LogP contribution in [-0.2, 0) is 6.54 Å². The van der Waals surface area contributed by atoms with Crippen molar-refractivity contribution in [3.8, 4) is 0 Å². The molecule has 0 amide bonds. The summed E-state index contributed by atoms with van der Waals surface area (Å²) < 4.78 is 25.9. The number of rotatable bonds is 2. The maximum Gasteiger partial charge on any atom is 0.251 e. The van der Waals surface area contributed by atoms with Crippen molar-refractivity contribution in [2.45, 2.75) is 25.3 Å². The van der Waals surface area contributed by atoms with Gasteiger partial charge in [-0.05, 0) is 17.7 Å². The molecule has 16 heavy (non-hydrogen) atoms. The van der Waals surface area contributed by atoms with E-state index in [0.29, 0.717) is 19.6 Å². The fraction of sp³-hybridized carbons (Fsp3) is 0.500. The third-order valence-corrected chi connectivity index (χ3v) is 3.03. The van der Waals surface area contributed by atoms with Crippen molar-refractivity contribution in [3.05, 3.63) is 29.8 Å². The number of hydrogen-bond donors (Lipinski definition) is 1. The number of alkyl halides is 2. The fourth-order valence-electron chi connectivity index (χ4n) is 1.93. The minimum atomic E-state index is -2.48. The Bertz CT molecular complexity index is 339. The largest absolute Gasteiger partial charge is 0.371 e. The Kier molecular flexibility index (Phi) is 3.10. The van der Waals surface area contributed by atoms with Crippen molar-refractivity contribution in [2.75, 3.05) is 18.0 Å². The average molecular weight is 226 g/mol. The second-order valence-electron chi connectivity index (χ2n) is 4.21. The summed E-state index contributed by atoms with van der Waals surface area (Å²) in [7, 11) is 0. The summed E-state index contributed by atoms with van der Waals surface area (Å²) in [6.45, 7) is 1.36. The molecule has 0 aliphatic carbocycles. The van der Waals surface area contributed by atoms with Gasteiger partial charge >= 0.3 is 0 Å². The van der Waals surface area contributed by atoms with Gasteiger partial charge in [0.1, 0.15) is 0 Å². The molecule has 1 aromatic rings. The normalized spacial score (nSPS) is 19.8. The Morgan fingerprint density at radius 3 is 2.19 bits per heavy atom. The summed E-state index contributed by atoms with van der Waals surface area (Å²) in [4.78, 5) is 2.00. The molecule has 0 bridgehead atoms. The number of nitrogens with zero attached hydrogens (tertiary/aromatic N) is 1. The van der Waals surface area contributed by atoms with Gasteiger partial charge in [-0.2, -0.15) is 0 Å². The molecular weight excluding hydrogens is 210 g/mol. The lowest BCUT2D eigenvalue weighted by Crippen LogP contribution is -2.39. The highest BCUT2D eigenvalue weighted by Gasteiger charge is 2.33. The second kappa shape index (κ2) is 4.37. The standard InChI is InChI=1S/C12H16F2N2/c13-12(14)5-7-16(8-6-12)11-3-1-10(9-15)2-4-11/h1-4H,5-9,15H2. The van der Waals surface area contributed by atoms with Gasteiger partial charge in [0.2, 0.25) is 0 Å². The summed E-state index contributed by atoms with van der Waals surface area (Å²) in [6.07, 6.45) is -0.0999. The summed E-state index contributed by atoms with van der Waals surface area (Å²) in [5.74, 6) is -2.48. The van der Waals surface area contributed by atoms with E-state index in [4.69, 9.17) is 5.73 Å². The molecule has 0 unspecified atom stereocenters. The van der Waals surface area contributed by atoms with Gasteiger partial charge in [0.25, 0.3) is 5.92 Å². The number of benzene rings is 1. The van der Waals surface area contributed by atoms with Crippen LogP contribution in [0.5, 0.6) is 0 Å². The Labute approximate surface area is 94.0 Å². The van der Waals surface area contributed by atoms with Crippen LogP contribution in [0.2, 0.25) is 0 Å². The molecule has 0 saturated carbocycles. The van der Waals surface area contributed by atoms with E-state index in [1.165, 1.54) is 0 Å². The van der Waals surface area contributed by atoms with E-state index in [1.807, 2.05) is 29.2 Å². The highest BCUT2D eigenvalue weighted by molar-refractivity contribution is 5.48. The minimum Gasteiger partial charge on any atom is -0.371 e. The first-order chi connectivity index (χ1) is 7.61. The summed E-state index contributed by atoms with van der Waals surface area (Å²) in [5.41, 5.74) is 7.57. The zero-order valence-electron chi connectivity index (χ0n) is 9.13. The zero-order valence-corrected chi connectivity index (χ0v) is 9.13. The van der Waals surface area contributed by atoms with E-state index in [2.05, 4.69) is 0 Å². The molecule has 0 spiro atoms. The third kappa shape index (κ3) is 2.50. The van der Waals surface area contributed by atoms with E-state index in [9.17, 15) is 8.78 Å². The predicted octanol–water partition coefficient (Wildman–Crippen LogP) is 2.38. The second-order valence-corrected chi connectivity index (χ2v) is 4.21. The van der Waals surface area contributed by atoms with Crippen LogP contribution in [0.4, 0.5) is 14.5 Å². The van der Waals surface area contributed by atoms with Gasteiger partial charge in [-0.15, -0.1) is 0 Å². The Hall–Kier alpha value is -1.16. The summed E-state index contributed by atoms with van der Waals surface area (Å²) >= 11 is 0. The Balaban J connectivity index is 2.03. The van der Waals surface area contributed by atoms with Gasteiger partial charge in [-0.25, -0.2) is 8.78 Å². The van der Waals surface area contributed by atoms with Crippen molar-refractivity contribution >= 4 is 5.69 Å². The maximum atomic E-state index is 13.0. The van der Waals surface area contributed by atoms with Crippen LogP contribution in [0.15, 0.2) is 24.3 Å². The lowest BCUT2D eigenvalue weighted by Gasteiger charge is -2.33. The molecule has 1 aliphatic rings. The SMILES string of the molecule is NCc1ccc(N2CCC(F)(F)CC2)cc1. The topological polar surface area (TPSA) is 29.3 Å². The van der Waals surface area contributed by atoms with Gasteiger partial charge < -0.3 is 10.6 Å². The molecule has 2 N–H and O–H groups in total. The van der Waals surface area contributed by atoms with Crippen molar-refractivity contribution in [2.24, 2.45) is 5.73 Å². The fourth-order valence-corrected chi connectivity index (χ4v) is 1.93. The van der Waals surface area contributed by atoms with Crippen molar-refractivity contribution in [3.63, 3.8) is 0 Å². The number of anilines is 1. The molecule has 1 aromatic carbocycles. The number of piperidine rings is 1. The molecule has 1 aliphatic heterocycles. The number of halogens is 2. The van der Waals surface area contributed by atoms with Crippen molar-refractivity contribution < 1.29 is 8.78 Å². The number of nitrogens with two attached hydrogens (primary N) is 1. The van der Waals surface area contributed by atoms with Gasteiger partial charge in [0.05, 0.1) is 0 Å². The molecule has 1 heterocycles. The minimum absolute atomic E-state index is 0.0500. The molecule has 1 fully saturated rings. The molecule has 0 radical (unpaired) electrons. The van der Waals surface area contributed by atoms with Gasteiger partial charge in [-0.1, -0.05) is 12.1 Å². The molecule has 2 rings (SSSR count). The van der Waals surface area contributed by atoms with Crippen LogP contribution < -0.4 is 10.6 Å². The molecule has 4 heteroatoms. The van der Waals surface area contributed by atoms with E-state index >= 15 is 0 Å². The van der Waals surface area contributed by atoms with Gasteiger partial charge in [0, 0.05) is 38.2 Å². The zero-order chi connectivity index (χ0) is 11.6. The van der Waals surface area contributed by atoms with Crippen molar-refractivity contribution in [1.82, 2.24) is 0 Å². The predicted molar refractivity (Wildman–Crippen MR) is 60.7 cm³/mol. The van der Waals surface area contributed by atoms with Gasteiger partial charge in [0.15, 0.2) is 0 Å². The molecule has 0 aromatic heterocycles. The summed E-state index contributed by atoms with van der Waals surface area (Å²) in [6, 6.07) is 7.79.